The first-order valence-corrected chi connectivity index (χ1v) is 14.2. The molecule has 0 saturated carbocycles. The third kappa shape index (κ3) is 5.63. The minimum atomic E-state index is -1.52. The summed E-state index contributed by atoms with van der Waals surface area (Å²) in [6.07, 6.45) is 1.82. The molecule has 0 fully saturated rings. The van der Waals surface area contributed by atoms with Crippen molar-refractivity contribution in [2.24, 2.45) is 0 Å². The van der Waals surface area contributed by atoms with E-state index >= 15 is 0 Å². The normalized spacial score (nSPS) is 15.6. The molecule has 0 aliphatic carbocycles. The van der Waals surface area contributed by atoms with Gasteiger partial charge in [0.15, 0.2) is 5.54 Å². The standard InChI is InChI=1S/C34H31BrN2O4/c1-3-41-32(38)29-23-37(22-24-12-6-4-7-13-24)30-17-11-10-16-28(30)31(29)34(33(39)40-2,25-14-8-5-9-15-25)36-27-20-18-26(35)19-21-27/h4-21,23,31,36H,3,22H2,1-2H3/t31-,34-/m0/s1. The Balaban J connectivity index is 1.78. The summed E-state index contributed by atoms with van der Waals surface area (Å²) < 4.78 is 12.1. The number of hydrogen-bond donors (Lipinski definition) is 1. The maximum absolute atomic E-state index is 14.2. The quantitative estimate of drug-likeness (QED) is 0.202. The highest BCUT2D eigenvalue weighted by Gasteiger charge is 2.54. The van der Waals surface area contributed by atoms with E-state index in [1.807, 2.05) is 120 Å². The van der Waals surface area contributed by atoms with Gasteiger partial charge in [-0.15, -0.1) is 0 Å². The van der Waals surface area contributed by atoms with Crippen molar-refractivity contribution in [2.75, 3.05) is 23.9 Å². The lowest BCUT2D eigenvalue weighted by molar-refractivity contribution is -0.147. The van der Waals surface area contributed by atoms with Gasteiger partial charge >= 0.3 is 11.9 Å². The molecular weight excluding hydrogens is 580 g/mol. The first-order valence-electron chi connectivity index (χ1n) is 13.4. The number of rotatable bonds is 9. The molecule has 0 spiro atoms. The van der Waals surface area contributed by atoms with Gasteiger partial charge in [-0.25, -0.2) is 9.59 Å². The Hall–Kier alpha value is -4.36. The van der Waals surface area contributed by atoms with Gasteiger partial charge in [0.2, 0.25) is 0 Å². The van der Waals surface area contributed by atoms with Crippen LogP contribution in [0.3, 0.4) is 0 Å². The number of nitrogens with one attached hydrogen (secondary N) is 1. The Morgan fingerprint density at radius 1 is 0.878 bits per heavy atom. The van der Waals surface area contributed by atoms with E-state index in [4.69, 9.17) is 9.47 Å². The van der Waals surface area contributed by atoms with Gasteiger partial charge in [0.25, 0.3) is 0 Å². The SMILES string of the molecule is CCOC(=O)C1=CN(Cc2ccccc2)c2ccccc2[C@@H]1[C@](Nc1ccc(Br)cc1)(C(=O)OC)c1ccccc1. The van der Waals surface area contributed by atoms with Crippen LogP contribution in [0, 0.1) is 0 Å². The Bertz CT molecular complexity index is 1540. The molecule has 0 radical (unpaired) electrons. The number of carbonyl (C=O) groups is 2. The van der Waals surface area contributed by atoms with Crippen LogP contribution in [0.5, 0.6) is 0 Å². The molecule has 0 saturated heterocycles. The van der Waals surface area contributed by atoms with Crippen molar-refractivity contribution < 1.29 is 19.1 Å². The van der Waals surface area contributed by atoms with E-state index in [-0.39, 0.29) is 6.61 Å². The van der Waals surface area contributed by atoms with Gasteiger partial charge < -0.3 is 19.7 Å². The van der Waals surface area contributed by atoms with Crippen LogP contribution in [-0.2, 0) is 31.1 Å². The number of halogens is 1. The third-order valence-corrected chi connectivity index (χ3v) is 7.75. The number of ether oxygens (including phenoxy) is 2. The lowest BCUT2D eigenvalue weighted by Crippen LogP contribution is -2.52. The van der Waals surface area contributed by atoms with Gasteiger partial charge in [-0.2, -0.15) is 0 Å². The smallest absolute Gasteiger partial charge is 0.337 e. The number of methoxy groups -OCH3 is 1. The minimum absolute atomic E-state index is 0.194. The topological polar surface area (TPSA) is 67.9 Å². The predicted molar refractivity (Wildman–Crippen MR) is 164 cm³/mol. The second-order valence-electron chi connectivity index (χ2n) is 9.71. The first-order chi connectivity index (χ1) is 20.0. The predicted octanol–water partition coefficient (Wildman–Crippen LogP) is 7.18. The average molecular weight is 612 g/mol. The van der Waals surface area contributed by atoms with Crippen LogP contribution in [-0.4, -0.2) is 25.7 Å². The van der Waals surface area contributed by atoms with Crippen LogP contribution in [0.1, 0.15) is 29.5 Å². The molecule has 41 heavy (non-hydrogen) atoms. The van der Waals surface area contributed by atoms with Crippen molar-refractivity contribution >= 4 is 39.2 Å². The van der Waals surface area contributed by atoms with E-state index in [0.29, 0.717) is 23.4 Å². The molecule has 6 nitrogen and oxygen atoms in total. The van der Waals surface area contributed by atoms with E-state index in [1.165, 1.54) is 7.11 Å². The zero-order valence-electron chi connectivity index (χ0n) is 22.9. The molecule has 1 aliphatic rings. The van der Waals surface area contributed by atoms with E-state index in [1.54, 1.807) is 6.92 Å². The van der Waals surface area contributed by atoms with Crippen molar-refractivity contribution in [3.05, 3.63) is 142 Å². The Kier molecular flexibility index (Phi) is 8.55. The molecule has 0 aromatic heterocycles. The lowest BCUT2D eigenvalue weighted by atomic mass is 9.68. The third-order valence-electron chi connectivity index (χ3n) is 7.23. The fraction of sp³-hybridized carbons (Fsp3) is 0.176. The number of esters is 2. The van der Waals surface area contributed by atoms with Crippen molar-refractivity contribution in [1.82, 2.24) is 0 Å². The average Bonchev–Trinajstić information content (AvgIpc) is 3.01. The zero-order valence-corrected chi connectivity index (χ0v) is 24.5. The highest BCUT2D eigenvalue weighted by molar-refractivity contribution is 9.10. The highest BCUT2D eigenvalue weighted by atomic mass is 79.9. The van der Waals surface area contributed by atoms with Gasteiger partial charge in [0, 0.05) is 28.6 Å². The van der Waals surface area contributed by atoms with E-state index in [9.17, 15) is 9.59 Å². The van der Waals surface area contributed by atoms with Crippen LogP contribution in [0.25, 0.3) is 0 Å². The van der Waals surface area contributed by atoms with E-state index in [2.05, 4.69) is 21.2 Å². The van der Waals surface area contributed by atoms with E-state index in [0.717, 1.165) is 21.3 Å². The van der Waals surface area contributed by atoms with Gasteiger partial charge in [0.05, 0.1) is 25.2 Å². The minimum Gasteiger partial charge on any atom is -0.467 e. The zero-order chi connectivity index (χ0) is 28.8. The molecule has 0 amide bonds. The molecule has 0 bridgehead atoms. The number of hydrogen-bond acceptors (Lipinski definition) is 6. The van der Waals surface area contributed by atoms with Crippen LogP contribution in [0.2, 0.25) is 0 Å². The number of nitrogens with zero attached hydrogens (tertiary/aromatic N) is 1. The van der Waals surface area contributed by atoms with Crippen molar-refractivity contribution in [2.45, 2.75) is 24.9 Å². The molecular formula is C34H31BrN2O4. The summed E-state index contributed by atoms with van der Waals surface area (Å²) in [6, 6.07) is 34.9. The largest absolute Gasteiger partial charge is 0.467 e. The Labute approximate surface area is 248 Å². The molecule has 208 valence electrons. The number of para-hydroxylation sites is 1. The fourth-order valence-electron chi connectivity index (χ4n) is 5.46. The maximum Gasteiger partial charge on any atom is 0.337 e. The summed E-state index contributed by atoms with van der Waals surface area (Å²) in [6.45, 7) is 2.50. The van der Waals surface area contributed by atoms with Crippen LogP contribution < -0.4 is 10.2 Å². The Morgan fingerprint density at radius 2 is 1.51 bits per heavy atom. The summed E-state index contributed by atoms with van der Waals surface area (Å²) in [5.74, 6) is -1.81. The lowest BCUT2D eigenvalue weighted by Gasteiger charge is -2.44. The summed E-state index contributed by atoms with van der Waals surface area (Å²) in [7, 11) is 1.37. The monoisotopic (exact) mass is 610 g/mol. The number of anilines is 2. The fourth-order valence-corrected chi connectivity index (χ4v) is 5.72. The number of fused-ring (bicyclic) bond motifs is 1. The second-order valence-corrected chi connectivity index (χ2v) is 10.6. The van der Waals surface area contributed by atoms with Gasteiger partial charge in [-0.05, 0) is 53.9 Å². The van der Waals surface area contributed by atoms with Gasteiger partial charge in [0.1, 0.15) is 0 Å². The number of benzene rings is 4. The molecule has 4 aromatic carbocycles. The molecule has 4 aromatic rings. The van der Waals surface area contributed by atoms with E-state index < -0.39 is 23.4 Å². The van der Waals surface area contributed by atoms with Crippen LogP contribution in [0.4, 0.5) is 11.4 Å². The second kappa shape index (κ2) is 12.4. The molecule has 1 aliphatic heterocycles. The highest BCUT2D eigenvalue weighted by Crippen LogP contribution is 2.51. The van der Waals surface area contributed by atoms with Gasteiger partial charge in [-0.1, -0.05) is 94.8 Å². The van der Waals surface area contributed by atoms with Crippen molar-refractivity contribution in [3.63, 3.8) is 0 Å². The summed E-state index contributed by atoms with van der Waals surface area (Å²) >= 11 is 3.49. The van der Waals surface area contributed by atoms with Crippen molar-refractivity contribution in [3.8, 4) is 0 Å². The molecule has 7 heteroatoms. The molecule has 5 rings (SSSR count). The number of carbonyl (C=O) groups excluding carboxylic acids is 2. The Morgan fingerprint density at radius 3 is 2.17 bits per heavy atom. The summed E-state index contributed by atoms with van der Waals surface area (Å²) in [5, 5.41) is 3.53. The van der Waals surface area contributed by atoms with Crippen molar-refractivity contribution in [1.29, 1.82) is 0 Å². The molecule has 2 atom stereocenters. The maximum atomic E-state index is 14.2. The van der Waals surface area contributed by atoms with Crippen LogP contribution >= 0.6 is 15.9 Å². The summed E-state index contributed by atoms with van der Waals surface area (Å²) in [5.41, 5.74) is 2.94. The van der Waals surface area contributed by atoms with Gasteiger partial charge in [-0.3, -0.25) is 0 Å². The molecule has 1 N–H and O–H groups in total. The van der Waals surface area contributed by atoms with Crippen LogP contribution in [0.15, 0.2) is 125 Å². The first kappa shape index (κ1) is 28.2. The molecule has 1 heterocycles. The summed E-state index contributed by atoms with van der Waals surface area (Å²) in [4.78, 5) is 30.1. The molecule has 0 unspecified atom stereocenters.